The number of nitrogens with one attached hydrogen (secondary N) is 3. The van der Waals surface area contributed by atoms with E-state index in [1.165, 1.54) is 0 Å². The van der Waals surface area contributed by atoms with Crippen LogP contribution >= 0.6 is 24.4 Å². The molecular weight excluding hydrogens is 382 g/mol. The van der Waals surface area contributed by atoms with E-state index in [0.29, 0.717) is 5.56 Å². The average molecular weight is 399 g/mol. The highest BCUT2D eigenvalue weighted by Gasteiger charge is 2.25. The van der Waals surface area contributed by atoms with Crippen molar-refractivity contribution in [2.45, 2.75) is 18.9 Å². The van der Waals surface area contributed by atoms with Gasteiger partial charge in [-0.1, -0.05) is 18.2 Å². The van der Waals surface area contributed by atoms with E-state index in [9.17, 15) is 14.4 Å². The summed E-state index contributed by atoms with van der Waals surface area (Å²) in [5.41, 5.74) is 14.6. The Bertz CT molecular complexity index is 686. The molecule has 1 atom stereocenters. The molecule has 0 aliphatic carbocycles. The van der Waals surface area contributed by atoms with Crippen molar-refractivity contribution in [1.29, 1.82) is 0 Å². The van der Waals surface area contributed by atoms with Gasteiger partial charge in [0.05, 0.1) is 6.42 Å². The number of amides is 1. The second-order valence-electron chi connectivity index (χ2n) is 4.76. The summed E-state index contributed by atoms with van der Waals surface area (Å²) in [4.78, 5) is 45.1. The summed E-state index contributed by atoms with van der Waals surface area (Å²) in [6.07, 6.45) is -0.355. The largest absolute Gasteiger partial charge is 0.374 e. The summed E-state index contributed by atoms with van der Waals surface area (Å²) >= 11 is 9.01. The number of carbonyl (C=O) groups is 3. The zero-order chi connectivity index (χ0) is 19.5. The first kappa shape index (κ1) is 21.1. The van der Waals surface area contributed by atoms with Crippen LogP contribution in [-0.4, -0.2) is 34.1 Å². The average Bonchev–Trinajstić information content (AvgIpc) is 2.61. The van der Waals surface area contributed by atoms with Gasteiger partial charge in [0.2, 0.25) is 0 Å². The van der Waals surface area contributed by atoms with Crippen LogP contribution in [0.1, 0.15) is 23.2 Å². The van der Waals surface area contributed by atoms with Crippen LogP contribution in [0.5, 0.6) is 0 Å². The molecular formula is C14H17N5O5S2. The minimum absolute atomic E-state index is 0.117. The predicted molar refractivity (Wildman–Crippen MR) is 99.0 cm³/mol. The van der Waals surface area contributed by atoms with Gasteiger partial charge in [-0.05, 0) is 43.0 Å². The Hall–Kier alpha value is -2.99. The maximum absolute atomic E-state index is 12.2. The van der Waals surface area contributed by atoms with Crippen molar-refractivity contribution in [3.05, 3.63) is 35.9 Å². The molecule has 1 aromatic carbocycles. The fourth-order valence-corrected chi connectivity index (χ4v) is 1.76. The number of nitrogens with two attached hydrogens (primary N) is 2. The molecule has 0 heterocycles. The number of rotatable bonds is 6. The van der Waals surface area contributed by atoms with Crippen LogP contribution in [0.25, 0.3) is 0 Å². The topological polar surface area (TPSA) is 158 Å². The maximum Gasteiger partial charge on any atom is 0.354 e. The summed E-state index contributed by atoms with van der Waals surface area (Å²) in [5, 5.41) is 1.96. The molecule has 12 heteroatoms. The lowest BCUT2D eigenvalue weighted by atomic mass is 10.1. The molecule has 0 fully saturated rings. The van der Waals surface area contributed by atoms with Crippen molar-refractivity contribution in [2.75, 3.05) is 0 Å². The third kappa shape index (κ3) is 8.21. The zero-order valence-electron chi connectivity index (χ0n) is 13.4. The Morgan fingerprint density at radius 3 is 2.15 bits per heavy atom. The minimum atomic E-state index is -1.16. The first-order chi connectivity index (χ1) is 12.3. The molecule has 140 valence electrons. The normalized spacial score (nSPS) is 10.8. The lowest BCUT2D eigenvalue weighted by Gasteiger charge is -2.17. The van der Waals surface area contributed by atoms with E-state index in [4.69, 9.17) is 11.5 Å². The highest BCUT2D eigenvalue weighted by Crippen LogP contribution is 2.05. The van der Waals surface area contributed by atoms with Crippen LogP contribution in [-0.2, 0) is 19.3 Å². The summed E-state index contributed by atoms with van der Waals surface area (Å²) in [7, 11) is 0. The number of carbonyl (C=O) groups excluding carboxylic acids is 3. The van der Waals surface area contributed by atoms with Crippen molar-refractivity contribution in [3.8, 4) is 0 Å². The van der Waals surface area contributed by atoms with Crippen LogP contribution in [0, 0.1) is 0 Å². The molecule has 10 nitrogen and oxygen atoms in total. The fourth-order valence-electron chi connectivity index (χ4n) is 1.67. The van der Waals surface area contributed by atoms with Gasteiger partial charge in [-0.2, -0.15) is 11.0 Å². The van der Waals surface area contributed by atoms with Crippen molar-refractivity contribution < 1.29 is 24.1 Å². The lowest BCUT2D eigenvalue weighted by molar-refractivity contribution is -0.151. The van der Waals surface area contributed by atoms with Crippen molar-refractivity contribution in [3.63, 3.8) is 0 Å². The fraction of sp³-hybridized carbons (Fsp3) is 0.214. The molecule has 1 amide bonds. The molecule has 0 aromatic heterocycles. The van der Waals surface area contributed by atoms with Crippen LogP contribution in [0.15, 0.2) is 30.3 Å². The molecule has 26 heavy (non-hydrogen) atoms. The Kier molecular flexibility index (Phi) is 8.74. The van der Waals surface area contributed by atoms with Gasteiger partial charge in [0.15, 0.2) is 10.2 Å². The number of thiocarbonyl (C=S) groups is 2. The van der Waals surface area contributed by atoms with Crippen LogP contribution < -0.4 is 27.7 Å². The van der Waals surface area contributed by atoms with E-state index in [2.05, 4.69) is 39.4 Å². The molecule has 0 aliphatic rings. The van der Waals surface area contributed by atoms with Crippen molar-refractivity contribution >= 4 is 52.5 Å². The summed E-state index contributed by atoms with van der Waals surface area (Å²) < 4.78 is 0. The second kappa shape index (κ2) is 10.8. The molecule has 1 rings (SSSR count). The number of hydrogen-bond acceptors (Lipinski definition) is 7. The van der Waals surface area contributed by atoms with E-state index in [0.717, 1.165) is 0 Å². The second-order valence-corrected chi connectivity index (χ2v) is 5.64. The number of hydrogen-bond donors (Lipinski definition) is 5. The van der Waals surface area contributed by atoms with Gasteiger partial charge in [-0.25, -0.2) is 9.59 Å². The van der Waals surface area contributed by atoms with Crippen LogP contribution in [0.3, 0.4) is 0 Å². The Morgan fingerprint density at radius 2 is 1.58 bits per heavy atom. The lowest BCUT2D eigenvalue weighted by Crippen LogP contribution is -2.45. The Morgan fingerprint density at radius 1 is 1.00 bits per heavy atom. The predicted octanol–water partition coefficient (Wildman–Crippen LogP) is -0.852. The maximum atomic E-state index is 12.2. The van der Waals surface area contributed by atoms with Crippen LogP contribution in [0.4, 0.5) is 0 Å². The molecule has 0 saturated carbocycles. The standard InChI is InChI=1S/C14H17N5O5S2/c15-13(25)18-23-10(20)7-6-9(12(22)24-19-14(16)26)17-11(21)8-4-2-1-3-5-8/h1-5,9H,6-7H2,(H,17,21)(H3,15,18,25)(H3,16,19,26)/t9-/m0/s1. The number of hydroxylamine groups is 2. The molecule has 0 aliphatic heterocycles. The SMILES string of the molecule is NC(=S)NOC(=O)CC[C@H](NC(=O)c1ccccc1)C(=O)ONC(N)=S. The molecule has 0 saturated heterocycles. The van der Waals surface area contributed by atoms with Gasteiger partial charge in [-0.15, -0.1) is 0 Å². The van der Waals surface area contributed by atoms with E-state index in [-0.39, 0.29) is 23.1 Å². The van der Waals surface area contributed by atoms with Crippen molar-refractivity contribution in [1.82, 2.24) is 16.3 Å². The van der Waals surface area contributed by atoms with E-state index >= 15 is 0 Å². The van der Waals surface area contributed by atoms with E-state index in [1.807, 2.05) is 11.0 Å². The highest BCUT2D eigenvalue weighted by molar-refractivity contribution is 7.80. The molecule has 7 N–H and O–H groups in total. The van der Waals surface area contributed by atoms with Gasteiger partial charge in [-0.3, -0.25) is 4.79 Å². The first-order valence-electron chi connectivity index (χ1n) is 7.16. The van der Waals surface area contributed by atoms with Gasteiger partial charge in [0, 0.05) is 5.56 Å². The molecule has 0 spiro atoms. The summed E-state index contributed by atoms with van der Waals surface area (Å²) in [6, 6.07) is 7.02. The minimum Gasteiger partial charge on any atom is -0.374 e. The summed E-state index contributed by atoms with van der Waals surface area (Å²) in [5.74, 6) is -2.17. The van der Waals surface area contributed by atoms with Gasteiger partial charge in [0.25, 0.3) is 5.91 Å². The van der Waals surface area contributed by atoms with Gasteiger partial charge >= 0.3 is 11.9 Å². The van der Waals surface area contributed by atoms with E-state index in [1.54, 1.807) is 30.3 Å². The van der Waals surface area contributed by atoms with Crippen LogP contribution in [0.2, 0.25) is 0 Å². The van der Waals surface area contributed by atoms with Gasteiger partial charge < -0.3 is 26.5 Å². The zero-order valence-corrected chi connectivity index (χ0v) is 15.0. The highest BCUT2D eigenvalue weighted by atomic mass is 32.1. The molecule has 0 radical (unpaired) electrons. The van der Waals surface area contributed by atoms with E-state index < -0.39 is 23.9 Å². The first-order valence-corrected chi connectivity index (χ1v) is 7.98. The monoisotopic (exact) mass is 399 g/mol. The summed E-state index contributed by atoms with van der Waals surface area (Å²) in [6.45, 7) is 0. The third-order valence-electron chi connectivity index (χ3n) is 2.78. The Labute approximate surface area is 159 Å². The smallest absolute Gasteiger partial charge is 0.354 e. The molecule has 0 bridgehead atoms. The Balaban J connectivity index is 2.70. The molecule has 1 aromatic rings. The number of benzene rings is 1. The molecule has 0 unspecified atom stereocenters. The quantitative estimate of drug-likeness (QED) is 0.300. The van der Waals surface area contributed by atoms with Gasteiger partial charge in [0.1, 0.15) is 6.04 Å². The van der Waals surface area contributed by atoms with Crippen molar-refractivity contribution in [2.24, 2.45) is 11.5 Å². The third-order valence-corrected chi connectivity index (χ3v) is 2.95.